The van der Waals surface area contributed by atoms with Gasteiger partial charge in [0.05, 0.1) is 13.2 Å². The second kappa shape index (κ2) is 3.38. The van der Waals surface area contributed by atoms with E-state index in [0.29, 0.717) is 6.04 Å². The minimum Gasteiger partial charge on any atom is -0.496 e. The third-order valence-electron chi connectivity index (χ3n) is 2.76. The second-order valence-corrected chi connectivity index (χ2v) is 3.71. The normalized spacial score (nSPS) is 20.9. The Balaban J connectivity index is 2.39. The maximum atomic E-state index is 5.33. The van der Waals surface area contributed by atoms with E-state index in [0.717, 1.165) is 18.6 Å². The molecular formula is C11H16NO+. The highest BCUT2D eigenvalue weighted by Gasteiger charge is 2.19. The highest BCUT2D eigenvalue weighted by molar-refractivity contribution is 5.42. The first-order valence-electron chi connectivity index (χ1n) is 4.79. The zero-order chi connectivity index (χ0) is 9.26. The van der Waals surface area contributed by atoms with Gasteiger partial charge in [-0.05, 0) is 23.6 Å². The standard InChI is InChI=1S/C11H15NO/c1-13-11-4-2-3-8-7-9(12)5-6-10(8)11/h2-4,9H,5-7,12H2,1H3/p+1/t9-/m0/s1. The predicted molar refractivity (Wildman–Crippen MR) is 51.7 cm³/mol. The molecule has 0 unspecified atom stereocenters. The zero-order valence-electron chi connectivity index (χ0n) is 8.05. The molecule has 1 aliphatic rings. The number of benzene rings is 1. The Morgan fingerprint density at radius 2 is 2.31 bits per heavy atom. The van der Waals surface area contributed by atoms with Gasteiger partial charge in [0.1, 0.15) is 5.75 Å². The van der Waals surface area contributed by atoms with Crippen molar-refractivity contribution < 1.29 is 10.5 Å². The Labute approximate surface area is 78.7 Å². The molecule has 0 fully saturated rings. The number of quaternary nitrogens is 1. The van der Waals surface area contributed by atoms with Gasteiger partial charge in [0.2, 0.25) is 0 Å². The molecule has 1 atom stereocenters. The molecule has 0 aliphatic heterocycles. The van der Waals surface area contributed by atoms with Crippen molar-refractivity contribution in [3.63, 3.8) is 0 Å². The van der Waals surface area contributed by atoms with Crippen LogP contribution in [0.5, 0.6) is 5.75 Å². The van der Waals surface area contributed by atoms with E-state index in [1.165, 1.54) is 17.5 Å². The van der Waals surface area contributed by atoms with E-state index in [9.17, 15) is 0 Å². The van der Waals surface area contributed by atoms with E-state index < -0.39 is 0 Å². The van der Waals surface area contributed by atoms with Gasteiger partial charge in [0, 0.05) is 12.8 Å². The first-order chi connectivity index (χ1) is 6.31. The van der Waals surface area contributed by atoms with Gasteiger partial charge in [-0.1, -0.05) is 12.1 Å². The van der Waals surface area contributed by atoms with Crippen LogP contribution in [0.1, 0.15) is 17.5 Å². The number of ether oxygens (including phenoxy) is 1. The fraction of sp³-hybridized carbons (Fsp3) is 0.455. The van der Waals surface area contributed by atoms with Crippen LogP contribution in [0.15, 0.2) is 18.2 Å². The first kappa shape index (κ1) is 8.57. The molecule has 3 N–H and O–H groups in total. The van der Waals surface area contributed by atoms with Crippen LogP contribution >= 0.6 is 0 Å². The Morgan fingerprint density at radius 1 is 1.46 bits per heavy atom. The van der Waals surface area contributed by atoms with Gasteiger partial charge in [0.25, 0.3) is 0 Å². The number of fused-ring (bicyclic) bond motifs is 1. The maximum absolute atomic E-state index is 5.33. The lowest BCUT2D eigenvalue weighted by Gasteiger charge is -2.20. The van der Waals surface area contributed by atoms with Crippen molar-refractivity contribution in [2.45, 2.75) is 25.3 Å². The largest absolute Gasteiger partial charge is 0.496 e. The summed E-state index contributed by atoms with van der Waals surface area (Å²) >= 11 is 0. The maximum Gasteiger partial charge on any atom is 0.122 e. The number of rotatable bonds is 1. The van der Waals surface area contributed by atoms with Crippen molar-refractivity contribution in [2.24, 2.45) is 0 Å². The minimum absolute atomic E-state index is 0.583. The highest BCUT2D eigenvalue weighted by atomic mass is 16.5. The molecule has 0 bridgehead atoms. The van der Waals surface area contributed by atoms with E-state index in [4.69, 9.17) is 4.74 Å². The van der Waals surface area contributed by atoms with Crippen molar-refractivity contribution in [1.82, 2.24) is 0 Å². The third-order valence-corrected chi connectivity index (χ3v) is 2.76. The number of hydrogen-bond donors (Lipinski definition) is 1. The predicted octanol–water partition coefficient (Wildman–Crippen LogP) is 0.794. The molecule has 0 amide bonds. The molecule has 0 heterocycles. The van der Waals surface area contributed by atoms with Crippen molar-refractivity contribution in [1.29, 1.82) is 0 Å². The molecule has 0 radical (unpaired) electrons. The smallest absolute Gasteiger partial charge is 0.122 e. The highest BCUT2D eigenvalue weighted by Crippen LogP contribution is 2.28. The molecule has 0 saturated carbocycles. The molecule has 70 valence electrons. The summed E-state index contributed by atoms with van der Waals surface area (Å²) in [7, 11) is 1.74. The molecule has 0 spiro atoms. The van der Waals surface area contributed by atoms with Crippen molar-refractivity contribution in [3.8, 4) is 5.75 Å². The molecule has 0 aromatic heterocycles. The monoisotopic (exact) mass is 178 g/mol. The van der Waals surface area contributed by atoms with Crippen LogP contribution < -0.4 is 10.5 Å². The van der Waals surface area contributed by atoms with E-state index in [2.05, 4.69) is 17.9 Å². The molecule has 2 nitrogen and oxygen atoms in total. The summed E-state index contributed by atoms with van der Waals surface area (Å²) in [4.78, 5) is 0. The zero-order valence-corrected chi connectivity index (χ0v) is 8.05. The lowest BCUT2D eigenvalue weighted by Crippen LogP contribution is -2.62. The lowest BCUT2D eigenvalue weighted by atomic mass is 9.88. The molecule has 0 saturated heterocycles. The van der Waals surface area contributed by atoms with Crippen LogP contribution in [-0.2, 0) is 12.8 Å². The van der Waals surface area contributed by atoms with Gasteiger partial charge in [0.15, 0.2) is 0 Å². The van der Waals surface area contributed by atoms with Gasteiger partial charge >= 0.3 is 0 Å². The van der Waals surface area contributed by atoms with E-state index >= 15 is 0 Å². The molecule has 1 aromatic carbocycles. The summed E-state index contributed by atoms with van der Waals surface area (Å²) in [5, 5.41) is 0. The second-order valence-electron chi connectivity index (χ2n) is 3.71. The molecule has 1 aliphatic carbocycles. The van der Waals surface area contributed by atoms with Crippen LogP contribution in [-0.4, -0.2) is 13.2 Å². The Hall–Kier alpha value is -1.02. The summed E-state index contributed by atoms with van der Waals surface area (Å²) < 4.78 is 5.33. The van der Waals surface area contributed by atoms with Gasteiger partial charge in [-0.2, -0.15) is 0 Å². The Morgan fingerprint density at radius 3 is 3.08 bits per heavy atom. The van der Waals surface area contributed by atoms with Crippen LogP contribution in [0.3, 0.4) is 0 Å². The summed E-state index contributed by atoms with van der Waals surface area (Å²) in [5.74, 6) is 1.05. The van der Waals surface area contributed by atoms with Gasteiger partial charge in [-0.15, -0.1) is 0 Å². The van der Waals surface area contributed by atoms with Crippen LogP contribution in [0.2, 0.25) is 0 Å². The van der Waals surface area contributed by atoms with E-state index in [-0.39, 0.29) is 0 Å². The van der Waals surface area contributed by atoms with Gasteiger partial charge < -0.3 is 10.5 Å². The quantitative estimate of drug-likeness (QED) is 0.678. The fourth-order valence-electron chi connectivity index (χ4n) is 2.04. The van der Waals surface area contributed by atoms with E-state index in [1.54, 1.807) is 7.11 Å². The fourth-order valence-corrected chi connectivity index (χ4v) is 2.04. The molecule has 2 rings (SSSR count). The summed E-state index contributed by atoms with van der Waals surface area (Å²) in [6.07, 6.45) is 3.41. The lowest BCUT2D eigenvalue weighted by molar-refractivity contribution is -0.421. The van der Waals surface area contributed by atoms with E-state index in [1.807, 2.05) is 6.07 Å². The molecule has 2 heteroatoms. The topological polar surface area (TPSA) is 36.9 Å². The van der Waals surface area contributed by atoms with Crippen LogP contribution in [0.25, 0.3) is 0 Å². The average Bonchev–Trinajstić information content (AvgIpc) is 2.16. The minimum atomic E-state index is 0.583. The van der Waals surface area contributed by atoms with Crippen molar-refractivity contribution in [2.75, 3.05) is 7.11 Å². The summed E-state index contributed by atoms with van der Waals surface area (Å²) in [6, 6.07) is 6.88. The summed E-state index contributed by atoms with van der Waals surface area (Å²) in [5.41, 5.74) is 6.93. The molecule has 13 heavy (non-hydrogen) atoms. The van der Waals surface area contributed by atoms with Crippen LogP contribution in [0, 0.1) is 0 Å². The molecular weight excluding hydrogens is 162 g/mol. The van der Waals surface area contributed by atoms with Crippen molar-refractivity contribution >= 4 is 0 Å². The van der Waals surface area contributed by atoms with Crippen molar-refractivity contribution in [3.05, 3.63) is 29.3 Å². The third kappa shape index (κ3) is 1.54. The Bertz CT molecular complexity index is 309. The number of hydrogen-bond acceptors (Lipinski definition) is 1. The SMILES string of the molecule is COc1cccc2c1CC[C@H]([NH3+])C2. The Kier molecular flexibility index (Phi) is 2.23. The average molecular weight is 178 g/mol. The van der Waals surface area contributed by atoms with Gasteiger partial charge in [-0.25, -0.2) is 0 Å². The first-order valence-corrected chi connectivity index (χ1v) is 4.79. The molecule has 1 aromatic rings. The number of methoxy groups -OCH3 is 1. The summed E-state index contributed by atoms with van der Waals surface area (Å²) in [6.45, 7) is 0. The van der Waals surface area contributed by atoms with Gasteiger partial charge in [-0.3, -0.25) is 0 Å². The van der Waals surface area contributed by atoms with Crippen LogP contribution in [0.4, 0.5) is 0 Å².